The van der Waals surface area contributed by atoms with Crippen LogP contribution in [0.1, 0.15) is 53.1 Å². The largest absolute Gasteiger partial charge is 0.493 e. The normalized spacial score (nSPS) is 19.8. The number of rotatable bonds is 7. The lowest BCUT2D eigenvalue weighted by Crippen LogP contribution is -2.41. The lowest BCUT2D eigenvalue weighted by Gasteiger charge is -2.32. The Kier molecular flexibility index (Phi) is 7.30. The van der Waals surface area contributed by atoms with Crippen molar-refractivity contribution in [1.29, 1.82) is 0 Å². The number of carbonyl (C=O) groups excluding carboxylic acids is 1. The molecule has 1 atom stereocenters. The number of nitrogens with zero attached hydrogens (tertiary/aromatic N) is 2. The van der Waals surface area contributed by atoms with Gasteiger partial charge in [-0.3, -0.25) is 9.69 Å². The molecule has 0 aliphatic carbocycles. The van der Waals surface area contributed by atoms with Crippen LogP contribution in [0.5, 0.6) is 5.75 Å². The molecule has 0 radical (unpaired) electrons. The molecule has 2 aromatic carbocycles. The maximum Gasteiger partial charge on any atom is 0.257 e. The van der Waals surface area contributed by atoms with Crippen molar-refractivity contribution in [2.75, 3.05) is 32.8 Å². The summed E-state index contributed by atoms with van der Waals surface area (Å²) in [5.41, 5.74) is 3.44. The van der Waals surface area contributed by atoms with E-state index in [4.69, 9.17) is 9.15 Å². The van der Waals surface area contributed by atoms with Gasteiger partial charge in [0.1, 0.15) is 12.0 Å². The number of carbonyl (C=O) groups is 1. The minimum Gasteiger partial charge on any atom is -0.493 e. The van der Waals surface area contributed by atoms with Gasteiger partial charge < -0.3 is 14.1 Å². The molecule has 34 heavy (non-hydrogen) atoms. The summed E-state index contributed by atoms with van der Waals surface area (Å²) in [5.74, 6) is 2.01. The third-order valence-electron chi connectivity index (χ3n) is 7.25. The Balaban J connectivity index is 1.06. The predicted octanol–water partition coefficient (Wildman–Crippen LogP) is 5.59. The minimum atomic E-state index is 0.0515. The fourth-order valence-corrected chi connectivity index (χ4v) is 5.27. The van der Waals surface area contributed by atoms with Crippen molar-refractivity contribution in [3.05, 3.63) is 89.9 Å². The molecule has 0 bridgehead atoms. The zero-order valence-corrected chi connectivity index (χ0v) is 19.8. The zero-order valence-electron chi connectivity index (χ0n) is 19.8. The van der Waals surface area contributed by atoms with Gasteiger partial charge >= 0.3 is 0 Å². The van der Waals surface area contributed by atoms with E-state index in [-0.39, 0.29) is 5.91 Å². The van der Waals surface area contributed by atoms with Crippen molar-refractivity contribution < 1.29 is 13.9 Å². The van der Waals surface area contributed by atoms with E-state index in [0.717, 1.165) is 51.3 Å². The Morgan fingerprint density at radius 1 is 0.941 bits per heavy atom. The summed E-state index contributed by atoms with van der Waals surface area (Å²) in [7, 11) is 0. The van der Waals surface area contributed by atoms with Gasteiger partial charge in [-0.25, -0.2) is 0 Å². The maximum absolute atomic E-state index is 12.6. The van der Waals surface area contributed by atoms with Gasteiger partial charge in [0.15, 0.2) is 0 Å². The highest BCUT2D eigenvalue weighted by Gasteiger charge is 2.25. The van der Waals surface area contributed by atoms with Gasteiger partial charge in [-0.1, -0.05) is 42.5 Å². The molecule has 178 valence electrons. The molecule has 5 rings (SSSR count). The second-order valence-electron chi connectivity index (χ2n) is 9.69. The summed E-state index contributed by atoms with van der Waals surface area (Å²) in [4.78, 5) is 17.1. The Hall–Kier alpha value is -3.05. The van der Waals surface area contributed by atoms with E-state index in [0.29, 0.717) is 24.0 Å². The van der Waals surface area contributed by atoms with Crippen molar-refractivity contribution in [2.45, 2.75) is 38.1 Å². The first-order chi connectivity index (χ1) is 16.7. The van der Waals surface area contributed by atoms with Crippen LogP contribution in [0, 0.1) is 5.92 Å². The van der Waals surface area contributed by atoms with Gasteiger partial charge in [-0.15, -0.1) is 0 Å². The average molecular weight is 459 g/mol. The fraction of sp³-hybridized carbons (Fsp3) is 0.414. The number of benzene rings is 2. The number of hydrogen-bond donors (Lipinski definition) is 0. The summed E-state index contributed by atoms with van der Waals surface area (Å²) in [5, 5.41) is 0. The van der Waals surface area contributed by atoms with Gasteiger partial charge in [0.2, 0.25) is 0 Å². The van der Waals surface area contributed by atoms with E-state index < -0.39 is 0 Å². The van der Waals surface area contributed by atoms with Crippen molar-refractivity contribution in [3.63, 3.8) is 0 Å². The van der Waals surface area contributed by atoms with Crippen LogP contribution in [-0.4, -0.2) is 48.5 Å². The number of furan rings is 1. The molecule has 5 heteroatoms. The molecule has 0 saturated carbocycles. The third kappa shape index (κ3) is 5.71. The molecular weight excluding hydrogens is 424 g/mol. The monoisotopic (exact) mass is 458 g/mol. The lowest BCUT2D eigenvalue weighted by molar-refractivity contribution is 0.0632. The van der Waals surface area contributed by atoms with Gasteiger partial charge in [-0.05, 0) is 74.0 Å². The summed E-state index contributed by atoms with van der Waals surface area (Å²) in [6.45, 7) is 5.47. The van der Waals surface area contributed by atoms with E-state index >= 15 is 0 Å². The van der Waals surface area contributed by atoms with Crippen LogP contribution in [0.25, 0.3) is 0 Å². The van der Waals surface area contributed by atoms with Crippen molar-refractivity contribution in [3.8, 4) is 5.75 Å². The Labute approximate surface area is 202 Å². The average Bonchev–Trinajstić information content (AvgIpc) is 3.44. The number of ether oxygens (including phenoxy) is 1. The van der Waals surface area contributed by atoms with Gasteiger partial charge in [0.25, 0.3) is 5.91 Å². The highest BCUT2D eigenvalue weighted by molar-refractivity contribution is 5.93. The molecule has 5 nitrogen and oxygen atoms in total. The zero-order chi connectivity index (χ0) is 23.2. The van der Waals surface area contributed by atoms with Gasteiger partial charge in [0.05, 0.1) is 18.4 Å². The third-order valence-corrected chi connectivity index (χ3v) is 7.25. The van der Waals surface area contributed by atoms with Crippen LogP contribution in [0.2, 0.25) is 0 Å². The molecule has 2 aliphatic heterocycles. The molecule has 2 saturated heterocycles. The smallest absolute Gasteiger partial charge is 0.257 e. The van der Waals surface area contributed by atoms with Crippen molar-refractivity contribution in [1.82, 2.24) is 9.80 Å². The molecule has 3 aromatic rings. The Morgan fingerprint density at radius 3 is 2.47 bits per heavy atom. The highest BCUT2D eigenvalue weighted by Crippen LogP contribution is 2.28. The Bertz CT molecular complexity index is 1030. The molecule has 0 spiro atoms. The minimum absolute atomic E-state index is 0.0515. The lowest BCUT2D eigenvalue weighted by atomic mass is 9.89. The van der Waals surface area contributed by atoms with E-state index in [1.807, 2.05) is 4.90 Å². The molecule has 1 unspecified atom stereocenters. The SMILES string of the molecule is O=C(c1ccoc1)N1CCCC(COc2ccc(CN3CCC(c4ccccc4)CC3)cc2)C1. The summed E-state index contributed by atoms with van der Waals surface area (Å²) in [6, 6.07) is 21.2. The standard InChI is InChI=1S/C29H34N2O3/c32-29(27-14-18-33-22-27)31-15-4-5-24(20-31)21-34-28-10-8-23(9-11-28)19-30-16-12-26(13-17-30)25-6-2-1-3-7-25/h1-3,6-11,14,18,22,24,26H,4-5,12-13,15-17,19-21H2. The van der Waals surface area contributed by atoms with Crippen molar-refractivity contribution >= 4 is 5.91 Å². The quantitative estimate of drug-likeness (QED) is 0.463. The van der Waals surface area contributed by atoms with Crippen LogP contribution in [0.3, 0.4) is 0 Å². The van der Waals surface area contributed by atoms with Gasteiger partial charge in [0, 0.05) is 25.6 Å². The maximum atomic E-state index is 12.6. The van der Waals surface area contributed by atoms with Crippen LogP contribution in [0.15, 0.2) is 77.6 Å². The molecule has 0 N–H and O–H groups in total. The summed E-state index contributed by atoms with van der Waals surface area (Å²) >= 11 is 0. The van der Waals surface area contributed by atoms with Crippen LogP contribution >= 0.6 is 0 Å². The Morgan fingerprint density at radius 2 is 1.74 bits per heavy atom. The predicted molar refractivity (Wildman–Crippen MR) is 133 cm³/mol. The first-order valence-electron chi connectivity index (χ1n) is 12.5. The first-order valence-corrected chi connectivity index (χ1v) is 12.5. The summed E-state index contributed by atoms with van der Waals surface area (Å²) in [6.07, 6.45) is 7.63. The van der Waals surface area contributed by atoms with E-state index in [1.54, 1.807) is 12.3 Å². The van der Waals surface area contributed by atoms with Crippen LogP contribution in [0.4, 0.5) is 0 Å². The van der Waals surface area contributed by atoms with Crippen molar-refractivity contribution in [2.24, 2.45) is 5.92 Å². The number of piperidine rings is 2. The molecule has 3 heterocycles. The molecule has 2 aliphatic rings. The van der Waals surface area contributed by atoms with Crippen LogP contribution in [-0.2, 0) is 6.54 Å². The summed E-state index contributed by atoms with van der Waals surface area (Å²) < 4.78 is 11.2. The highest BCUT2D eigenvalue weighted by atomic mass is 16.5. The second kappa shape index (κ2) is 10.9. The number of hydrogen-bond acceptors (Lipinski definition) is 4. The van der Waals surface area contributed by atoms with E-state index in [1.165, 1.54) is 30.2 Å². The van der Waals surface area contributed by atoms with Gasteiger partial charge in [-0.2, -0.15) is 0 Å². The molecule has 1 amide bonds. The topological polar surface area (TPSA) is 45.9 Å². The van der Waals surface area contributed by atoms with E-state index in [2.05, 4.69) is 59.5 Å². The molecule has 1 aromatic heterocycles. The molecule has 2 fully saturated rings. The van der Waals surface area contributed by atoms with Crippen LogP contribution < -0.4 is 4.74 Å². The number of amides is 1. The fourth-order valence-electron chi connectivity index (χ4n) is 5.27. The van der Waals surface area contributed by atoms with E-state index in [9.17, 15) is 4.79 Å². The second-order valence-corrected chi connectivity index (χ2v) is 9.69. The first kappa shape index (κ1) is 22.7. The molecular formula is C29H34N2O3. The number of likely N-dealkylation sites (tertiary alicyclic amines) is 2.